The van der Waals surface area contributed by atoms with Crippen molar-refractivity contribution < 1.29 is 19.1 Å². The molecule has 0 bridgehead atoms. The third-order valence-electron chi connectivity index (χ3n) is 4.24. The van der Waals surface area contributed by atoms with E-state index in [1.165, 1.54) is 0 Å². The van der Waals surface area contributed by atoms with Gasteiger partial charge in [-0.3, -0.25) is 9.59 Å². The van der Waals surface area contributed by atoms with E-state index in [9.17, 15) is 9.59 Å². The minimum absolute atomic E-state index is 0.109. The molecule has 138 valence electrons. The number of rotatable bonds is 8. The summed E-state index contributed by atoms with van der Waals surface area (Å²) in [5, 5.41) is 0. The zero-order valence-electron chi connectivity index (χ0n) is 15.7. The molecule has 0 fully saturated rings. The lowest BCUT2D eigenvalue weighted by atomic mass is 10.1. The number of hydrogen-bond donors (Lipinski definition) is 0. The topological polar surface area (TPSA) is 52.6 Å². The lowest BCUT2D eigenvalue weighted by Gasteiger charge is -2.10. The Morgan fingerprint density at radius 1 is 0.846 bits per heavy atom. The second-order valence-corrected chi connectivity index (χ2v) is 6.36. The predicted molar refractivity (Wildman–Crippen MR) is 102 cm³/mol. The Morgan fingerprint density at radius 2 is 1.35 bits per heavy atom. The van der Waals surface area contributed by atoms with Crippen LogP contribution in [0.15, 0.2) is 48.5 Å². The molecule has 2 aromatic rings. The van der Waals surface area contributed by atoms with Gasteiger partial charge < -0.3 is 9.47 Å². The summed E-state index contributed by atoms with van der Waals surface area (Å²) in [4.78, 5) is 23.5. The van der Waals surface area contributed by atoms with Gasteiger partial charge in [0.15, 0.2) is 0 Å². The molecule has 0 amide bonds. The molecule has 2 aromatic carbocycles. The van der Waals surface area contributed by atoms with E-state index in [-0.39, 0.29) is 17.9 Å². The zero-order valence-corrected chi connectivity index (χ0v) is 15.7. The Hall–Kier alpha value is -2.62. The average molecular weight is 354 g/mol. The van der Waals surface area contributed by atoms with Crippen LogP contribution in [-0.2, 0) is 9.59 Å². The first kappa shape index (κ1) is 19.7. The van der Waals surface area contributed by atoms with E-state index in [0.717, 1.165) is 30.4 Å². The highest BCUT2D eigenvalue weighted by atomic mass is 16.5. The summed E-state index contributed by atoms with van der Waals surface area (Å²) in [6.07, 6.45) is 3.00. The van der Waals surface area contributed by atoms with Crippen LogP contribution >= 0.6 is 0 Å². The lowest BCUT2D eigenvalue weighted by Crippen LogP contribution is -2.16. The molecular weight excluding hydrogens is 328 g/mol. The number of carbonyl (C=O) groups is 2. The number of esters is 2. The maximum Gasteiger partial charge on any atom is 0.314 e. The summed E-state index contributed by atoms with van der Waals surface area (Å²) in [6.45, 7) is 5.85. The van der Waals surface area contributed by atoms with Gasteiger partial charge in [0.2, 0.25) is 0 Å². The van der Waals surface area contributed by atoms with Crippen molar-refractivity contribution in [2.45, 2.75) is 46.5 Å². The molecular formula is C22H26O4. The number of benzene rings is 2. The van der Waals surface area contributed by atoms with Crippen molar-refractivity contribution >= 4 is 11.9 Å². The van der Waals surface area contributed by atoms with E-state index in [2.05, 4.69) is 0 Å². The molecule has 0 aliphatic rings. The third kappa shape index (κ3) is 5.73. The fraction of sp³-hybridized carbons (Fsp3) is 0.364. The third-order valence-corrected chi connectivity index (χ3v) is 4.24. The summed E-state index contributed by atoms with van der Waals surface area (Å²) in [5.41, 5.74) is 2.00. The van der Waals surface area contributed by atoms with Crippen molar-refractivity contribution in [2.24, 2.45) is 5.92 Å². The van der Waals surface area contributed by atoms with Gasteiger partial charge >= 0.3 is 11.9 Å². The van der Waals surface area contributed by atoms with Crippen molar-refractivity contribution in [3.8, 4) is 22.6 Å². The molecule has 0 saturated heterocycles. The van der Waals surface area contributed by atoms with Gasteiger partial charge in [-0.05, 0) is 48.2 Å². The molecule has 1 atom stereocenters. The highest BCUT2D eigenvalue weighted by Gasteiger charge is 2.13. The molecule has 4 heteroatoms. The van der Waals surface area contributed by atoms with Crippen LogP contribution in [0.2, 0.25) is 0 Å². The Labute approximate surface area is 155 Å². The molecule has 4 nitrogen and oxygen atoms in total. The van der Waals surface area contributed by atoms with E-state index < -0.39 is 0 Å². The van der Waals surface area contributed by atoms with Gasteiger partial charge in [-0.1, -0.05) is 51.5 Å². The Kier molecular flexibility index (Phi) is 7.39. The van der Waals surface area contributed by atoms with Gasteiger partial charge in [-0.25, -0.2) is 0 Å². The van der Waals surface area contributed by atoms with Crippen LogP contribution in [0.1, 0.15) is 46.5 Å². The largest absolute Gasteiger partial charge is 0.427 e. The van der Waals surface area contributed by atoms with Crippen molar-refractivity contribution in [3.05, 3.63) is 48.5 Å². The van der Waals surface area contributed by atoms with Crippen molar-refractivity contribution in [1.82, 2.24) is 0 Å². The molecule has 0 aliphatic heterocycles. The molecule has 0 saturated carbocycles. The number of hydrogen-bond acceptors (Lipinski definition) is 4. The monoisotopic (exact) mass is 354 g/mol. The number of ether oxygens (including phenoxy) is 2. The SMILES string of the molecule is CCCCC(=O)Oc1ccc(-c2ccc(OC(=O)C(C)CC)cc2)cc1. The standard InChI is InChI=1S/C22H26O4/c1-4-6-7-21(23)25-19-12-8-17(9-13-19)18-10-14-20(15-11-18)26-22(24)16(3)5-2/h8-16H,4-7H2,1-3H3. The summed E-state index contributed by atoms with van der Waals surface area (Å²) in [6, 6.07) is 14.8. The highest BCUT2D eigenvalue weighted by molar-refractivity contribution is 5.75. The van der Waals surface area contributed by atoms with Gasteiger partial charge in [-0.2, -0.15) is 0 Å². The van der Waals surface area contributed by atoms with Crippen molar-refractivity contribution in [3.63, 3.8) is 0 Å². The number of unbranched alkanes of at least 4 members (excludes halogenated alkanes) is 1. The lowest BCUT2D eigenvalue weighted by molar-refractivity contribution is -0.138. The van der Waals surface area contributed by atoms with Gasteiger partial charge in [0.05, 0.1) is 5.92 Å². The van der Waals surface area contributed by atoms with Crippen LogP contribution in [0.4, 0.5) is 0 Å². The molecule has 0 heterocycles. The first-order valence-corrected chi connectivity index (χ1v) is 9.16. The van der Waals surface area contributed by atoms with Gasteiger partial charge in [0.1, 0.15) is 11.5 Å². The quantitative estimate of drug-likeness (QED) is 0.470. The molecule has 2 rings (SSSR count). The van der Waals surface area contributed by atoms with Gasteiger partial charge in [-0.15, -0.1) is 0 Å². The summed E-state index contributed by atoms with van der Waals surface area (Å²) < 4.78 is 10.7. The molecule has 0 N–H and O–H groups in total. The predicted octanol–water partition coefficient (Wildman–Crippen LogP) is 5.40. The van der Waals surface area contributed by atoms with E-state index in [4.69, 9.17) is 9.47 Å². The second-order valence-electron chi connectivity index (χ2n) is 6.36. The maximum atomic E-state index is 11.8. The van der Waals surface area contributed by atoms with Crippen molar-refractivity contribution in [2.75, 3.05) is 0 Å². The molecule has 0 spiro atoms. The molecule has 0 aromatic heterocycles. The Balaban J connectivity index is 1.98. The molecule has 26 heavy (non-hydrogen) atoms. The first-order valence-electron chi connectivity index (χ1n) is 9.16. The minimum Gasteiger partial charge on any atom is -0.427 e. The fourth-order valence-corrected chi connectivity index (χ4v) is 2.32. The molecule has 0 aliphatic carbocycles. The summed E-state index contributed by atoms with van der Waals surface area (Å²) in [7, 11) is 0. The maximum absolute atomic E-state index is 11.8. The second kappa shape index (κ2) is 9.76. The highest BCUT2D eigenvalue weighted by Crippen LogP contribution is 2.25. The van der Waals surface area contributed by atoms with Crippen LogP contribution in [-0.4, -0.2) is 11.9 Å². The van der Waals surface area contributed by atoms with Crippen LogP contribution in [0.3, 0.4) is 0 Å². The van der Waals surface area contributed by atoms with Gasteiger partial charge in [0.25, 0.3) is 0 Å². The van der Waals surface area contributed by atoms with E-state index >= 15 is 0 Å². The normalized spacial score (nSPS) is 11.7. The Morgan fingerprint density at radius 3 is 1.81 bits per heavy atom. The molecule has 0 radical (unpaired) electrons. The van der Waals surface area contributed by atoms with E-state index in [0.29, 0.717) is 17.9 Å². The van der Waals surface area contributed by atoms with E-state index in [1.54, 1.807) is 24.3 Å². The molecule has 1 unspecified atom stereocenters. The summed E-state index contributed by atoms with van der Waals surface area (Å²) >= 11 is 0. The van der Waals surface area contributed by atoms with Gasteiger partial charge in [0, 0.05) is 6.42 Å². The van der Waals surface area contributed by atoms with E-state index in [1.807, 2.05) is 45.0 Å². The number of carbonyl (C=O) groups excluding carboxylic acids is 2. The van der Waals surface area contributed by atoms with Crippen LogP contribution in [0, 0.1) is 5.92 Å². The first-order chi connectivity index (χ1) is 12.5. The van der Waals surface area contributed by atoms with Crippen molar-refractivity contribution in [1.29, 1.82) is 0 Å². The van der Waals surface area contributed by atoms with Crippen LogP contribution in [0.25, 0.3) is 11.1 Å². The Bertz CT molecular complexity index is 717. The average Bonchev–Trinajstić information content (AvgIpc) is 2.67. The minimum atomic E-state index is -0.213. The van der Waals surface area contributed by atoms with Crippen LogP contribution in [0.5, 0.6) is 11.5 Å². The summed E-state index contributed by atoms with van der Waals surface area (Å²) in [5.74, 6) is 0.568. The smallest absolute Gasteiger partial charge is 0.314 e. The van der Waals surface area contributed by atoms with Crippen LogP contribution < -0.4 is 9.47 Å². The fourth-order valence-electron chi connectivity index (χ4n) is 2.32. The zero-order chi connectivity index (χ0) is 18.9.